The topological polar surface area (TPSA) is 98.4 Å². The van der Waals surface area contributed by atoms with Gasteiger partial charge < -0.3 is 24.4 Å². The number of carbonyl (C=O) groups is 2. The van der Waals surface area contributed by atoms with Crippen molar-refractivity contribution < 1.29 is 28.5 Å². The van der Waals surface area contributed by atoms with Gasteiger partial charge in [0.05, 0.1) is 24.8 Å². The quantitative estimate of drug-likeness (QED) is 0.682. The fourth-order valence-electron chi connectivity index (χ4n) is 2.82. The minimum absolute atomic E-state index is 0.104. The maximum absolute atomic E-state index is 11.8. The average Bonchev–Trinajstić information content (AvgIpc) is 3.06. The molecule has 0 aliphatic carbocycles. The molecule has 3 rings (SSSR count). The molecule has 0 aromatic heterocycles. The Morgan fingerprint density at radius 3 is 2.57 bits per heavy atom. The largest absolute Gasteiger partial charge is 0.513 e. The summed E-state index contributed by atoms with van der Waals surface area (Å²) in [5.74, 6) is 0.328. The Balaban J connectivity index is 1.73. The standard InChI is InChI=1S/C18H23N3O6S/c1-3-24-17(22)26-13-11-19-21-15(28-12-8-6-5-7-9-12)10-14(20-16(13)21)27-18(23)25-4-2/h5-9,11,14-16,19-20H,3-4,10H2,1-2H3. The summed E-state index contributed by atoms with van der Waals surface area (Å²) in [7, 11) is 0. The van der Waals surface area contributed by atoms with E-state index in [0.717, 1.165) is 4.90 Å². The number of benzene rings is 1. The molecular weight excluding hydrogens is 386 g/mol. The monoisotopic (exact) mass is 409 g/mol. The zero-order chi connectivity index (χ0) is 19.9. The first-order valence-corrected chi connectivity index (χ1v) is 9.89. The highest BCUT2D eigenvalue weighted by Gasteiger charge is 2.43. The number of rotatable bonds is 6. The fraction of sp³-hybridized carbons (Fsp3) is 0.444. The maximum atomic E-state index is 11.8. The van der Waals surface area contributed by atoms with Crippen LogP contribution >= 0.6 is 11.8 Å². The summed E-state index contributed by atoms with van der Waals surface area (Å²) in [6.07, 6.45) is -0.601. The lowest BCUT2D eigenvalue weighted by Crippen LogP contribution is -2.61. The highest BCUT2D eigenvalue weighted by molar-refractivity contribution is 7.99. The molecule has 3 unspecified atom stereocenters. The van der Waals surface area contributed by atoms with Crippen LogP contribution in [0.15, 0.2) is 47.2 Å². The summed E-state index contributed by atoms with van der Waals surface area (Å²) in [6, 6.07) is 9.87. The molecule has 10 heteroatoms. The Labute approximate surface area is 167 Å². The van der Waals surface area contributed by atoms with Crippen LogP contribution in [-0.2, 0) is 18.9 Å². The van der Waals surface area contributed by atoms with E-state index >= 15 is 0 Å². The van der Waals surface area contributed by atoms with Crippen molar-refractivity contribution in [2.24, 2.45) is 0 Å². The summed E-state index contributed by atoms with van der Waals surface area (Å²) in [6.45, 7) is 3.84. The Morgan fingerprint density at radius 2 is 1.86 bits per heavy atom. The summed E-state index contributed by atoms with van der Waals surface area (Å²) in [4.78, 5) is 24.6. The van der Waals surface area contributed by atoms with Gasteiger partial charge in [0, 0.05) is 11.3 Å². The molecule has 28 heavy (non-hydrogen) atoms. The van der Waals surface area contributed by atoms with Crippen LogP contribution in [0.2, 0.25) is 0 Å². The van der Waals surface area contributed by atoms with Gasteiger partial charge in [0.2, 0.25) is 0 Å². The molecule has 2 aliphatic heterocycles. The molecule has 2 heterocycles. The first-order chi connectivity index (χ1) is 13.6. The highest BCUT2D eigenvalue weighted by atomic mass is 32.2. The van der Waals surface area contributed by atoms with Gasteiger partial charge in [0.25, 0.3) is 0 Å². The average molecular weight is 409 g/mol. The lowest BCUT2D eigenvalue weighted by molar-refractivity contribution is -0.0449. The van der Waals surface area contributed by atoms with Gasteiger partial charge in [-0.3, -0.25) is 5.32 Å². The third-order valence-electron chi connectivity index (χ3n) is 3.95. The van der Waals surface area contributed by atoms with Gasteiger partial charge >= 0.3 is 12.3 Å². The van der Waals surface area contributed by atoms with Crippen molar-refractivity contribution in [1.82, 2.24) is 15.8 Å². The molecule has 1 fully saturated rings. The number of hydrogen-bond acceptors (Lipinski definition) is 10. The van der Waals surface area contributed by atoms with Crippen molar-refractivity contribution in [3.63, 3.8) is 0 Å². The molecule has 2 aliphatic rings. The molecule has 0 spiro atoms. The van der Waals surface area contributed by atoms with E-state index in [1.54, 1.807) is 31.8 Å². The number of nitrogens with zero attached hydrogens (tertiary/aromatic N) is 1. The lowest BCUT2D eigenvalue weighted by atomic mass is 10.2. The second-order valence-corrected chi connectivity index (χ2v) is 7.10. The molecule has 2 N–H and O–H groups in total. The molecule has 1 aromatic rings. The van der Waals surface area contributed by atoms with Gasteiger partial charge in [-0.05, 0) is 26.0 Å². The van der Waals surface area contributed by atoms with Gasteiger partial charge in [-0.2, -0.15) is 5.01 Å². The number of thioether (sulfide) groups is 1. The van der Waals surface area contributed by atoms with E-state index < -0.39 is 24.7 Å². The van der Waals surface area contributed by atoms with Crippen LogP contribution in [0.3, 0.4) is 0 Å². The van der Waals surface area contributed by atoms with Gasteiger partial charge in [0.1, 0.15) is 6.17 Å². The SMILES string of the molecule is CCOC(=O)OC1=CNN2C(Sc3ccccc3)CC(OC(=O)OCC)NC12. The van der Waals surface area contributed by atoms with Crippen molar-refractivity contribution in [3.8, 4) is 0 Å². The fourth-order valence-corrected chi connectivity index (χ4v) is 4.02. The van der Waals surface area contributed by atoms with E-state index in [-0.39, 0.29) is 18.6 Å². The minimum Gasteiger partial charge on any atom is -0.435 e. The molecule has 0 saturated carbocycles. The van der Waals surface area contributed by atoms with E-state index in [1.165, 1.54) is 0 Å². The van der Waals surface area contributed by atoms with E-state index in [9.17, 15) is 9.59 Å². The Hall–Kier alpha value is -2.43. The summed E-state index contributed by atoms with van der Waals surface area (Å²) >= 11 is 1.60. The summed E-state index contributed by atoms with van der Waals surface area (Å²) < 4.78 is 20.4. The first-order valence-electron chi connectivity index (χ1n) is 9.01. The Bertz CT molecular complexity index is 717. The second-order valence-electron chi connectivity index (χ2n) is 5.85. The van der Waals surface area contributed by atoms with E-state index in [2.05, 4.69) is 10.7 Å². The Kier molecular flexibility index (Phi) is 7.01. The van der Waals surface area contributed by atoms with Crippen molar-refractivity contribution >= 4 is 24.1 Å². The zero-order valence-corrected chi connectivity index (χ0v) is 16.4. The van der Waals surface area contributed by atoms with Crippen LogP contribution in [0.5, 0.6) is 0 Å². The lowest BCUT2D eigenvalue weighted by Gasteiger charge is -2.41. The predicted molar refractivity (Wildman–Crippen MR) is 101 cm³/mol. The molecule has 152 valence electrons. The van der Waals surface area contributed by atoms with E-state index in [4.69, 9.17) is 18.9 Å². The normalized spacial score (nSPS) is 23.8. The van der Waals surface area contributed by atoms with Crippen LogP contribution in [-0.4, -0.2) is 48.3 Å². The van der Waals surface area contributed by atoms with Crippen molar-refractivity contribution in [2.45, 2.75) is 42.9 Å². The van der Waals surface area contributed by atoms with Crippen LogP contribution < -0.4 is 10.7 Å². The van der Waals surface area contributed by atoms with Crippen LogP contribution in [0.4, 0.5) is 9.59 Å². The maximum Gasteiger partial charge on any atom is 0.513 e. The number of hydrogen-bond donors (Lipinski definition) is 2. The second kappa shape index (κ2) is 9.67. The summed E-state index contributed by atoms with van der Waals surface area (Å²) in [5.41, 5.74) is 3.11. The molecule has 0 bridgehead atoms. The highest BCUT2D eigenvalue weighted by Crippen LogP contribution is 2.35. The number of fused-ring (bicyclic) bond motifs is 1. The Morgan fingerprint density at radius 1 is 1.14 bits per heavy atom. The van der Waals surface area contributed by atoms with Crippen LogP contribution in [0, 0.1) is 0 Å². The number of nitrogens with one attached hydrogen (secondary N) is 2. The molecule has 0 amide bonds. The summed E-state index contributed by atoms with van der Waals surface area (Å²) in [5, 5.41) is 4.94. The van der Waals surface area contributed by atoms with Crippen molar-refractivity contribution in [2.75, 3.05) is 13.2 Å². The van der Waals surface area contributed by atoms with Crippen LogP contribution in [0.25, 0.3) is 0 Å². The van der Waals surface area contributed by atoms with E-state index in [1.807, 2.05) is 35.3 Å². The van der Waals surface area contributed by atoms with Gasteiger partial charge in [-0.15, -0.1) is 11.8 Å². The van der Waals surface area contributed by atoms with Crippen molar-refractivity contribution in [1.29, 1.82) is 0 Å². The number of carbonyl (C=O) groups excluding carboxylic acids is 2. The molecule has 0 radical (unpaired) electrons. The smallest absolute Gasteiger partial charge is 0.435 e. The number of hydrazine groups is 1. The minimum atomic E-state index is -0.792. The molecule has 1 aromatic carbocycles. The van der Waals surface area contributed by atoms with Gasteiger partial charge in [-0.25, -0.2) is 9.59 Å². The van der Waals surface area contributed by atoms with Gasteiger partial charge in [0.15, 0.2) is 12.0 Å². The third kappa shape index (κ3) is 5.09. The first kappa shape index (κ1) is 20.3. The molecule has 1 saturated heterocycles. The predicted octanol–water partition coefficient (Wildman–Crippen LogP) is 2.76. The molecule has 3 atom stereocenters. The number of ether oxygens (including phenoxy) is 4. The molecular formula is C18H23N3O6S. The van der Waals surface area contributed by atoms with Gasteiger partial charge in [-0.1, -0.05) is 18.2 Å². The zero-order valence-electron chi connectivity index (χ0n) is 15.6. The van der Waals surface area contributed by atoms with Crippen molar-refractivity contribution in [3.05, 3.63) is 42.3 Å². The molecule has 9 nitrogen and oxygen atoms in total. The third-order valence-corrected chi connectivity index (χ3v) is 5.19. The van der Waals surface area contributed by atoms with E-state index in [0.29, 0.717) is 12.2 Å². The van der Waals surface area contributed by atoms with Crippen LogP contribution in [0.1, 0.15) is 20.3 Å².